The van der Waals surface area contributed by atoms with Crippen molar-refractivity contribution in [1.82, 2.24) is 15.0 Å². The summed E-state index contributed by atoms with van der Waals surface area (Å²) >= 11 is 1.17. The zero-order chi connectivity index (χ0) is 21.3. The van der Waals surface area contributed by atoms with Crippen LogP contribution >= 0.6 is 11.3 Å². The largest absolute Gasteiger partial charge is 0.361 e. The van der Waals surface area contributed by atoms with E-state index in [9.17, 15) is 18.0 Å². The molecule has 3 aromatic rings. The van der Waals surface area contributed by atoms with Crippen molar-refractivity contribution in [3.05, 3.63) is 53.4 Å². The average Bonchev–Trinajstić information content (AvgIpc) is 3.32. The Morgan fingerprint density at radius 3 is 2.57 bits per heavy atom. The number of hydrogen-bond acceptors (Lipinski definition) is 8. The Balaban J connectivity index is 1.32. The number of sulfonamides is 1. The summed E-state index contributed by atoms with van der Waals surface area (Å²) in [4.78, 5) is 30.1. The molecule has 10 nitrogen and oxygen atoms in total. The summed E-state index contributed by atoms with van der Waals surface area (Å²) in [5.41, 5.74) is 0.680. The molecule has 4 rings (SSSR count). The molecule has 30 heavy (non-hydrogen) atoms. The smallest absolute Gasteiger partial charge is 0.276 e. The predicted octanol–water partition coefficient (Wildman–Crippen LogP) is 1.95. The van der Waals surface area contributed by atoms with E-state index in [0.717, 1.165) is 0 Å². The van der Waals surface area contributed by atoms with E-state index in [1.54, 1.807) is 18.4 Å². The molecule has 2 aromatic heterocycles. The molecule has 0 radical (unpaired) electrons. The van der Waals surface area contributed by atoms with Gasteiger partial charge in [0.25, 0.3) is 15.9 Å². The molecule has 0 aliphatic carbocycles. The molecule has 1 aliphatic heterocycles. The lowest BCUT2D eigenvalue weighted by atomic mass is 9.98. The minimum atomic E-state index is -3.75. The van der Waals surface area contributed by atoms with E-state index in [1.165, 1.54) is 46.7 Å². The summed E-state index contributed by atoms with van der Waals surface area (Å²) in [7, 11) is -3.75. The Hall–Kier alpha value is -3.25. The molecule has 0 saturated carbocycles. The number of aromatic nitrogens is 2. The van der Waals surface area contributed by atoms with Crippen LogP contribution in [0, 0.1) is 12.8 Å². The first-order valence-electron chi connectivity index (χ1n) is 8.88. The van der Waals surface area contributed by atoms with Crippen molar-refractivity contribution in [3.63, 3.8) is 0 Å². The topological polar surface area (TPSA) is 134 Å². The van der Waals surface area contributed by atoms with E-state index >= 15 is 0 Å². The molecule has 1 aromatic carbocycles. The van der Waals surface area contributed by atoms with Gasteiger partial charge in [0.2, 0.25) is 5.91 Å². The number of thiazole rings is 1. The van der Waals surface area contributed by atoms with Crippen LogP contribution < -0.4 is 10.0 Å². The maximum Gasteiger partial charge on any atom is 0.276 e. The first-order valence-corrected chi connectivity index (χ1v) is 11.2. The highest BCUT2D eigenvalue weighted by Gasteiger charge is 2.37. The minimum absolute atomic E-state index is 0.0546. The van der Waals surface area contributed by atoms with Gasteiger partial charge in [0.05, 0.1) is 10.8 Å². The van der Waals surface area contributed by atoms with Crippen molar-refractivity contribution in [3.8, 4) is 0 Å². The average molecular weight is 447 g/mol. The van der Waals surface area contributed by atoms with Crippen LogP contribution in [0.25, 0.3) is 0 Å². The molecule has 2 amide bonds. The molecule has 0 bridgehead atoms. The third kappa shape index (κ3) is 4.19. The second-order valence-electron chi connectivity index (χ2n) is 6.69. The lowest BCUT2D eigenvalue weighted by Crippen LogP contribution is -2.54. The number of aryl methyl sites for hydroxylation is 1. The summed E-state index contributed by atoms with van der Waals surface area (Å²) < 4.78 is 31.9. The first kappa shape index (κ1) is 20.0. The van der Waals surface area contributed by atoms with Crippen LogP contribution in [0.1, 0.15) is 16.2 Å². The Morgan fingerprint density at radius 1 is 1.23 bits per heavy atom. The Kier molecular flexibility index (Phi) is 5.26. The van der Waals surface area contributed by atoms with E-state index in [1.807, 2.05) is 0 Å². The molecule has 1 aliphatic rings. The fraction of sp³-hybridized carbons (Fsp3) is 0.222. The molecule has 156 valence electrons. The van der Waals surface area contributed by atoms with E-state index in [-0.39, 0.29) is 46.5 Å². The highest BCUT2D eigenvalue weighted by Crippen LogP contribution is 2.22. The Morgan fingerprint density at radius 2 is 1.97 bits per heavy atom. The Labute approximate surface area is 175 Å². The van der Waals surface area contributed by atoms with Gasteiger partial charge in [0.15, 0.2) is 10.8 Å². The molecule has 0 unspecified atom stereocenters. The third-order valence-corrected chi connectivity index (χ3v) is 6.65. The summed E-state index contributed by atoms with van der Waals surface area (Å²) in [6.45, 7) is 2.25. The number of carbonyl (C=O) groups is 2. The third-order valence-electron chi connectivity index (χ3n) is 4.47. The van der Waals surface area contributed by atoms with Crippen molar-refractivity contribution in [2.75, 3.05) is 23.1 Å². The molecule has 1 fully saturated rings. The molecule has 1 saturated heterocycles. The van der Waals surface area contributed by atoms with Crippen molar-refractivity contribution < 1.29 is 22.5 Å². The van der Waals surface area contributed by atoms with Gasteiger partial charge < -0.3 is 14.7 Å². The number of nitrogens with one attached hydrogen (secondary N) is 2. The van der Waals surface area contributed by atoms with Crippen LogP contribution in [0.5, 0.6) is 0 Å². The number of amides is 2. The fourth-order valence-electron chi connectivity index (χ4n) is 2.85. The van der Waals surface area contributed by atoms with Gasteiger partial charge in [-0.2, -0.15) is 0 Å². The number of benzene rings is 1. The van der Waals surface area contributed by atoms with Gasteiger partial charge in [0, 0.05) is 36.4 Å². The molecule has 3 heterocycles. The second-order valence-corrected chi connectivity index (χ2v) is 9.26. The standard InChI is InChI=1S/C18H17N5O5S2/c1-11-8-15(21-28-11)17(25)23-9-12(10-23)16(24)20-13-2-4-14(5-3-13)30(26,27)22-18-19-6-7-29-18/h2-8,12H,9-10H2,1H3,(H,19,22)(H,20,24). The molecular weight excluding hydrogens is 430 g/mol. The summed E-state index contributed by atoms with van der Waals surface area (Å²) in [6, 6.07) is 7.36. The highest BCUT2D eigenvalue weighted by molar-refractivity contribution is 7.93. The van der Waals surface area contributed by atoms with E-state index in [2.05, 4.69) is 20.2 Å². The van der Waals surface area contributed by atoms with Crippen LogP contribution in [0.2, 0.25) is 0 Å². The number of anilines is 2. The SMILES string of the molecule is Cc1cc(C(=O)N2CC(C(=O)Nc3ccc(S(=O)(=O)Nc4nccs4)cc3)C2)no1. The van der Waals surface area contributed by atoms with E-state index in [4.69, 9.17) is 4.52 Å². The van der Waals surface area contributed by atoms with Crippen LogP contribution in [-0.2, 0) is 14.8 Å². The highest BCUT2D eigenvalue weighted by atomic mass is 32.2. The van der Waals surface area contributed by atoms with Crippen molar-refractivity contribution >= 4 is 44.0 Å². The van der Waals surface area contributed by atoms with E-state index in [0.29, 0.717) is 11.4 Å². The lowest BCUT2D eigenvalue weighted by Gasteiger charge is -2.37. The number of nitrogens with zero attached hydrogens (tertiary/aromatic N) is 3. The zero-order valence-corrected chi connectivity index (χ0v) is 17.4. The number of likely N-dealkylation sites (tertiary alicyclic amines) is 1. The van der Waals surface area contributed by atoms with E-state index < -0.39 is 10.0 Å². The molecule has 2 N–H and O–H groups in total. The number of rotatable bonds is 6. The predicted molar refractivity (Wildman–Crippen MR) is 109 cm³/mol. The lowest BCUT2D eigenvalue weighted by molar-refractivity contribution is -0.123. The van der Waals surface area contributed by atoms with Gasteiger partial charge >= 0.3 is 0 Å². The molecule has 12 heteroatoms. The first-order chi connectivity index (χ1) is 14.3. The number of carbonyl (C=O) groups excluding carboxylic acids is 2. The monoisotopic (exact) mass is 447 g/mol. The van der Waals surface area contributed by atoms with Gasteiger partial charge in [-0.15, -0.1) is 11.3 Å². The van der Waals surface area contributed by atoms with Crippen LogP contribution in [0.15, 0.2) is 51.3 Å². The maximum atomic E-state index is 12.4. The van der Waals surface area contributed by atoms with Crippen LogP contribution in [0.4, 0.5) is 10.8 Å². The van der Waals surface area contributed by atoms with Crippen LogP contribution in [-0.4, -0.2) is 48.4 Å². The quantitative estimate of drug-likeness (QED) is 0.590. The van der Waals surface area contributed by atoms with Crippen LogP contribution in [0.3, 0.4) is 0 Å². The number of hydrogen-bond donors (Lipinski definition) is 2. The normalized spacial score (nSPS) is 14.2. The van der Waals surface area contributed by atoms with Gasteiger partial charge in [-0.05, 0) is 31.2 Å². The molecular formula is C18H17N5O5S2. The van der Waals surface area contributed by atoms with Gasteiger partial charge in [0.1, 0.15) is 5.76 Å². The molecule has 0 spiro atoms. The van der Waals surface area contributed by atoms with Gasteiger partial charge in [-0.1, -0.05) is 5.16 Å². The summed E-state index contributed by atoms with van der Waals surface area (Å²) in [6.07, 6.45) is 1.50. The fourth-order valence-corrected chi connectivity index (χ4v) is 4.64. The van der Waals surface area contributed by atoms with Crippen molar-refractivity contribution in [2.24, 2.45) is 5.92 Å². The van der Waals surface area contributed by atoms with Gasteiger partial charge in [-0.3, -0.25) is 14.3 Å². The summed E-state index contributed by atoms with van der Waals surface area (Å²) in [5, 5.41) is 8.36. The maximum absolute atomic E-state index is 12.4. The van der Waals surface area contributed by atoms with Gasteiger partial charge in [-0.25, -0.2) is 13.4 Å². The Bertz CT molecular complexity index is 1170. The zero-order valence-electron chi connectivity index (χ0n) is 15.7. The summed E-state index contributed by atoms with van der Waals surface area (Å²) in [5.74, 6) is -0.331. The second kappa shape index (κ2) is 7.88. The van der Waals surface area contributed by atoms with Crippen molar-refractivity contribution in [2.45, 2.75) is 11.8 Å². The van der Waals surface area contributed by atoms with Crippen molar-refractivity contribution in [1.29, 1.82) is 0 Å². The minimum Gasteiger partial charge on any atom is -0.361 e. The molecule has 0 atom stereocenters.